The molecule has 3 heterocycles. The van der Waals surface area contributed by atoms with Crippen LogP contribution in [-0.2, 0) is 4.79 Å². The van der Waals surface area contributed by atoms with E-state index in [2.05, 4.69) is 20.3 Å². The summed E-state index contributed by atoms with van der Waals surface area (Å²) >= 11 is 0. The summed E-state index contributed by atoms with van der Waals surface area (Å²) in [5.74, 6) is -0.845. The molecule has 0 saturated carbocycles. The number of nitrogens with two attached hydrogens (primary N) is 1. The van der Waals surface area contributed by atoms with Gasteiger partial charge in [0.1, 0.15) is 12.1 Å². The summed E-state index contributed by atoms with van der Waals surface area (Å²) in [4.78, 5) is 32.5. The van der Waals surface area contributed by atoms with Gasteiger partial charge in [0.05, 0.1) is 22.7 Å². The maximum atomic E-state index is 12.9. The van der Waals surface area contributed by atoms with Crippen molar-refractivity contribution in [1.82, 2.24) is 24.8 Å². The number of carbonyl (C=O) groups excluding carboxylic acids is 2. The van der Waals surface area contributed by atoms with E-state index < -0.39 is 5.92 Å². The standard InChI is InChI=1S/C24H30N6O2/c1-16-19(24(32)26-10-7-13-29-11-5-6-12-29)14-30-23(16)22(27-15-28-30)21(17(2)31)18-8-3-4-9-20(18)25/h3-4,8-9,14-15,21H,5-7,10-13,25H2,1-2H3,(H,26,32). The fraction of sp³-hybridized carbons (Fsp3) is 0.417. The van der Waals surface area contributed by atoms with Crippen molar-refractivity contribution in [2.45, 2.75) is 39.0 Å². The number of anilines is 1. The van der Waals surface area contributed by atoms with Crippen LogP contribution in [0.15, 0.2) is 36.8 Å². The van der Waals surface area contributed by atoms with Crippen molar-refractivity contribution in [3.63, 3.8) is 0 Å². The second kappa shape index (κ2) is 9.48. The number of nitrogens with one attached hydrogen (secondary N) is 1. The van der Waals surface area contributed by atoms with E-state index in [-0.39, 0.29) is 11.7 Å². The summed E-state index contributed by atoms with van der Waals surface area (Å²) in [6, 6.07) is 7.30. The fourth-order valence-corrected chi connectivity index (χ4v) is 4.57. The van der Waals surface area contributed by atoms with Gasteiger partial charge in [-0.25, -0.2) is 9.50 Å². The predicted octanol–water partition coefficient (Wildman–Crippen LogP) is 2.56. The molecule has 1 amide bonds. The molecule has 1 aromatic carbocycles. The molecule has 1 saturated heterocycles. The van der Waals surface area contributed by atoms with Gasteiger partial charge in [-0.15, -0.1) is 0 Å². The van der Waals surface area contributed by atoms with Crippen molar-refractivity contribution in [2.75, 3.05) is 31.9 Å². The molecule has 0 radical (unpaired) electrons. The van der Waals surface area contributed by atoms with Gasteiger partial charge in [-0.2, -0.15) is 5.10 Å². The molecule has 3 N–H and O–H groups in total. The van der Waals surface area contributed by atoms with Gasteiger partial charge >= 0.3 is 0 Å². The number of carbonyl (C=O) groups is 2. The lowest BCUT2D eigenvalue weighted by Crippen LogP contribution is -2.28. The van der Waals surface area contributed by atoms with E-state index in [0.717, 1.165) is 31.6 Å². The SMILES string of the molecule is CC(=O)C(c1ccccc1N)c1ncnn2cc(C(=O)NCCCN3CCCC3)c(C)c12. The van der Waals surface area contributed by atoms with E-state index in [1.807, 2.05) is 25.1 Å². The second-order valence-electron chi connectivity index (χ2n) is 8.44. The first-order chi connectivity index (χ1) is 15.5. The third kappa shape index (κ3) is 4.36. The Bertz CT molecular complexity index is 1130. The van der Waals surface area contributed by atoms with Crippen LogP contribution in [0.3, 0.4) is 0 Å². The highest BCUT2D eigenvalue weighted by molar-refractivity contribution is 5.99. The van der Waals surface area contributed by atoms with Gasteiger partial charge in [0.15, 0.2) is 0 Å². The zero-order valence-electron chi connectivity index (χ0n) is 18.7. The topological polar surface area (TPSA) is 106 Å². The number of hydrogen-bond donors (Lipinski definition) is 2. The van der Waals surface area contributed by atoms with Crippen molar-refractivity contribution >= 4 is 22.9 Å². The van der Waals surface area contributed by atoms with Gasteiger partial charge in [0, 0.05) is 18.4 Å². The second-order valence-corrected chi connectivity index (χ2v) is 8.44. The molecule has 8 heteroatoms. The number of fused-ring (bicyclic) bond motifs is 1. The van der Waals surface area contributed by atoms with Crippen molar-refractivity contribution in [3.8, 4) is 0 Å². The molecule has 3 aromatic rings. The Morgan fingerprint density at radius 1 is 1.22 bits per heavy atom. The Labute approximate surface area is 187 Å². The maximum Gasteiger partial charge on any atom is 0.253 e. The van der Waals surface area contributed by atoms with Crippen molar-refractivity contribution in [1.29, 1.82) is 0 Å². The quantitative estimate of drug-likeness (QED) is 0.417. The van der Waals surface area contributed by atoms with Crippen LogP contribution in [0.4, 0.5) is 5.69 Å². The number of nitrogens with zero attached hydrogens (tertiary/aromatic N) is 4. The third-order valence-electron chi connectivity index (χ3n) is 6.22. The highest BCUT2D eigenvalue weighted by Crippen LogP contribution is 2.33. The van der Waals surface area contributed by atoms with Crippen LogP contribution in [0.25, 0.3) is 5.52 Å². The van der Waals surface area contributed by atoms with Gasteiger partial charge in [0.25, 0.3) is 5.91 Å². The number of aromatic nitrogens is 3. The number of aryl methyl sites for hydroxylation is 1. The number of nitrogen functional groups attached to an aromatic ring is 1. The molecule has 2 aromatic heterocycles. The Morgan fingerprint density at radius 3 is 2.69 bits per heavy atom. The Balaban J connectivity index is 1.60. The largest absolute Gasteiger partial charge is 0.398 e. The first-order valence-corrected chi connectivity index (χ1v) is 11.2. The molecule has 4 rings (SSSR count). The van der Waals surface area contributed by atoms with E-state index in [1.165, 1.54) is 26.1 Å². The Kier molecular flexibility index (Phi) is 6.50. The van der Waals surface area contributed by atoms with E-state index in [0.29, 0.717) is 34.6 Å². The lowest BCUT2D eigenvalue weighted by Gasteiger charge is -2.17. The van der Waals surface area contributed by atoms with Crippen LogP contribution in [0.1, 0.15) is 59.3 Å². The molecule has 1 unspecified atom stereocenters. The summed E-state index contributed by atoms with van der Waals surface area (Å²) in [6.07, 6.45) is 6.57. The summed E-state index contributed by atoms with van der Waals surface area (Å²) < 4.78 is 1.63. The Morgan fingerprint density at radius 2 is 1.97 bits per heavy atom. The summed E-state index contributed by atoms with van der Waals surface area (Å²) in [6.45, 7) is 7.33. The molecule has 0 spiro atoms. The van der Waals surface area contributed by atoms with E-state index in [9.17, 15) is 9.59 Å². The first-order valence-electron chi connectivity index (χ1n) is 11.2. The average Bonchev–Trinajstić information content (AvgIpc) is 3.41. The highest BCUT2D eigenvalue weighted by atomic mass is 16.1. The monoisotopic (exact) mass is 434 g/mol. The first kappa shape index (κ1) is 22.0. The summed E-state index contributed by atoms with van der Waals surface area (Å²) in [5.41, 5.74) is 9.91. The average molecular weight is 435 g/mol. The van der Waals surface area contributed by atoms with Gasteiger partial charge in [-0.3, -0.25) is 9.59 Å². The summed E-state index contributed by atoms with van der Waals surface area (Å²) in [5, 5.41) is 7.31. The number of Topliss-reactive ketones (excluding diaryl/α,β-unsaturated/α-hetero) is 1. The molecule has 168 valence electrons. The lowest BCUT2D eigenvalue weighted by atomic mass is 9.89. The molecular weight excluding hydrogens is 404 g/mol. The number of benzene rings is 1. The van der Waals surface area contributed by atoms with Gasteiger partial charge in [0.2, 0.25) is 0 Å². The minimum absolute atomic E-state index is 0.0722. The number of likely N-dealkylation sites (tertiary alicyclic amines) is 1. The normalized spacial score (nSPS) is 15.2. The molecule has 1 aliphatic rings. The number of ketones is 1. The van der Waals surface area contributed by atoms with E-state index >= 15 is 0 Å². The van der Waals surface area contributed by atoms with Crippen molar-refractivity contribution < 1.29 is 9.59 Å². The van der Waals surface area contributed by atoms with Gasteiger partial charge in [-0.05, 0) is 69.9 Å². The predicted molar refractivity (Wildman–Crippen MR) is 124 cm³/mol. The number of rotatable bonds is 8. The van der Waals surface area contributed by atoms with Gasteiger partial charge in [-0.1, -0.05) is 18.2 Å². The van der Waals surface area contributed by atoms with Crippen LogP contribution in [-0.4, -0.2) is 57.4 Å². The minimum atomic E-state index is -0.633. The van der Waals surface area contributed by atoms with E-state index in [4.69, 9.17) is 5.73 Å². The van der Waals surface area contributed by atoms with Crippen molar-refractivity contribution in [2.24, 2.45) is 0 Å². The van der Waals surface area contributed by atoms with Crippen LogP contribution in [0.5, 0.6) is 0 Å². The number of hydrogen-bond acceptors (Lipinski definition) is 6. The lowest BCUT2D eigenvalue weighted by molar-refractivity contribution is -0.117. The van der Waals surface area contributed by atoms with Crippen LogP contribution >= 0.6 is 0 Å². The molecule has 32 heavy (non-hydrogen) atoms. The molecule has 1 aliphatic heterocycles. The fourth-order valence-electron chi connectivity index (χ4n) is 4.57. The zero-order chi connectivity index (χ0) is 22.7. The highest BCUT2D eigenvalue weighted by Gasteiger charge is 2.28. The smallest absolute Gasteiger partial charge is 0.253 e. The molecule has 0 aliphatic carbocycles. The molecular formula is C24H30N6O2. The molecule has 0 bridgehead atoms. The van der Waals surface area contributed by atoms with Gasteiger partial charge < -0.3 is 16.0 Å². The summed E-state index contributed by atoms with van der Waals surface area (Å²) in [7, 11) is 0. The molecule has 1 atom stereocenters. The number of para-hydroxylation sites is 1. The van der Waals surface area contributed by atoms with Crippen LogP contribution in [0.2, 0.25) is 0 Å². The van der Waals surface area contributed by atoms with E-state index in [1.54, 1.807) is 16.8 Å². The number of amides is 1. The van der Waals surface area contributed by atoms with Crippen LogP contribution in [0, 0.1) is 6.92 Å². The zero-order valence-corrected chi connectivity index (χ0v) is 18.7. The molecule has 8 nitrogen and oxygen atoms in total. The Hall–Kier alpha value is -3.26. The van der Waals surface area contributed by atoms with Crippen molar-refractivity contribution in [3.05, 3.63) is 59.2 Å². The minimum Gasteiger partial charge on any atom is -0.398 e. The molecule has 1 fully saturated rings. The maximum absolute atomic E-state index is 12.9. The third-order valence-corrected chi connectivity index (χ3v) is 6.22. The van der Waals surface area contributed by atoms with Crippen LogP contribution < -0.4 is 11.1 Å².